The summed E-state index contributed by atoms with van der Waals surface area (Å²) in [6, 6.07) is 0. The Morgan fingerprint density at radius 1 is 0.253 bits per heavy atom. The Morgan fingerprint density at radius 2 is 0.468 bits per heavy atom. The summed E-state index contributed by atoms with van der Waals surface area (Å²) >= 11 is 0. The second-order valence-electron chi connectivity index (χ2n) is 23.4. The van der Waals surface area contributed by atoms with E-state index < -0.39 is 6.10 Å². The van der Waals surface area contributed by atoms with Crippen LogP contribution in [0.4, 0.5) is 0 Å². The van der Waals surface area contributed by atoms with Crippen LogP contribution in [0.2, 0.25) is 0 Å². The molecular weight excluding hydrogens is 973 g/mol. The van der Waals surface area contributed by atoms with Crippen LogP contribution in [0.15, 0.2) is 60.8 Å². The number of carbonyl (C=O) groups excluding carboxylic acids is 3. The summed E-state index contributed by atoms with van der Waals surface area (Å²) in [5.74, 6) is -0.881. The minimum absolute atomic E-state index is 0.0786. The summed E-state index contributed by atoms with van der Waals surface area (Å²) < 4.78 is 16.9. The highest BCUT2D eigenvalue weighted by Crippen LogP contribution is 2.17. The van der Waals surface area contributed by atoms with Crippen LogP contribution in [0.3, 0.4) is 0 Å². The van der Waals surface area contributed by atoms with Crippen LogP contribution in [0, 0.1) is 0 Å². The lowest BCUT2D eigenvalue weighted by molar-refractivity contribution is -0.167. The summed E-state index contributed by atoms with van der Waals surface area (Å²) in [6.07, 6.45) is 86.8. The molecule has 0 aromatic carbocycles. The molecule has 0 radical (unpaired) electrons. The first kappa shape index (κ1) is 76.1. The van der Waals surface area contributed by atoms with Gasteiger partial charge in [-0.25, -0.2) is 0 Å². The van der Waals surface area contributed by atoms with E-state index in [1.807, 2.05) is 0 Å². The molecule has 79 heavy (non-hydrogen) atoms. The number of allylic oxidation sites excluding steroid dienone is 10. The van der Waals surface area contributed by atoms with E-state index in [-0.39, 0.29) is 31.1 Å². The van der Waals surface area contributed by atoms with Gasteiger partial charge >= 0.3 is 17.9 Å². The molecule has 0 aromatic heterocycles. The Hall–Kier alpha value is -2.89. The Labute approximate surface area is 491 Å². The quantitative estimate of drug-likeness (QED) is 0.0261. The second kappa shape index (κ2) is 67.6. The van der Waals surface area contributed by atoms with Gasteiger partial charge in [0.15, 0.2) is 6.10 Å². The molecule has 0 amide bonds. The molecule has 6 heteroatoms. The fraction of sp³-hybridized carbons (Fsp3) is 0.822. The van der Waals surface area contributed by atoms with Gasteiger partial charge in [0.25, 0.3) is 0 Å². The van der Waals surface area contributed by atoms with Gasteiger partial charge < -0.3 is 14.2 Å². The first-order valence-corrected chi connectivity index (χ1v) is 34.8. The molecule has 0 aromatic rings. The maximum Gasteiger partial charge on any atom is 0.306 e. The predicted octanol–water partition coefficient (Wildman–Crippen LogP) is 23.9. The highest BCUT2D eigenvalue weighted by molar-refractivity contribution is 5.71. The van der Waals surface area contributed by atoms with Crippen LogP contribution in [0.5, 0.6) is 0 Å². The van der Waals surface area contributed by atoms with Crippen molar-refractivity contribution in [3.05, 3.63) is 60.8 Å². The fourth-order valence-corrected chi connectivity index (χ4v) is 10.2. The van der Waals surface area contributed by atoms with Crippen molar-refractivity contribution in [2.45, 2.75) is 374 Å². The van der Waals surface area contributed by atoms with E-state index in [4.69, 9.17) is 14.2 Å². The molecule has 0 aliphatic heterocycles. The monoisotopic (exact) mass is 1110 g/mol. The van der Waals surface area contributed by atoms with Gasteiger partial charge in [0.1, 0.15) is 13.2 Å². The van der Waals surface area contributed by atoms with E-state index in [0.717, 1.165) is 96.3 Å². The van der Waals surface area contributed by atoms with Crippen molar-refractivity contribution in [3.63, 3.8) is 0 Å². The average Bonchev–Trinajstić information content (AvgIpc) is 3.45. The van der Waals surface area contributed by atoms with E-state index in [1.54, 1.807) is 0 Å². The van der Waals surface area contributed by atoms with Crippen molar-refractivity contribution >= 4 is 17.9 Å². The standard InChI is InChI=1S/C73H132O6/c1-4-7-10-13-16-19-22-25-28-30-31-32-33-34-35-36-37-38-39-40-41-42-43-44-46-48-51-54-57-60-63-66-72(75)78-69-70(68-77-71(74)65-62-59-56-53-50-47-27-24-21-18-15-12-9-6-3)79-73(76)67-64-61-58-55-52-49-45-29-26-23-20-17-14-11-8-5-2/h15,18,22,24-25,27,29-31,45,70H,4-14,16-17,19-21,23,26,28,32-44,46-69H2,1-3H3/b18-15-,25-22-,27-24-,31-30-,45-29-. The molecule has 0 saturated heterocycles. The van der Waals surface area contributed by atoms with Crippen molar-refractivity contribution in [2.75, 3.05) is 13.2 Å². The average molecular weight is 1110 g/mol. The van der Waals surface area contributed by atoms with Gasteiger partial charge in [-0.1, -0.05) is 306 Å². The number of rotatable bonds is 64. The lowest BCUT2D eigenvalue weighted by atomic mass is 10.0. The second-order valence-corrected chi connectivity index (χ2v) is 23.4. The van der Waals surface area contributed by atoms with E-state index in [1.165, 1.54) is 231 Å². The number of hydrogen-bond donors (Lipinski definition) is 0. The SMILES string of the molecule is CCCC/C=C\C/C=C\CCCCCCCC(=O)OCC(COC(=O)CCCCCCCCCCCCCCCCCCCCC/C=C\C/C=C\CCCCCCC)OC(=O)CCCCCCC/C=C\CCCCCCCCC. The third-order valence-corrected chi connectivity index (χ3v) is 15.5. The first-order valence-electron chi connectivity index (χ1n) is 34.8. The van der Waals surface area contributed by atoms with Crippen LogP contribution in [0.1, 0.15) is 367 Å². The number of esters is 3. The molecule has 0 saturated carbocycles. The van der Waals surface area contributed by atoms with E-state index in [9.17, 15) is 14.4 Å². The van der Waals surface area contributed by atoms with Crippen LogP contribution in [-0.2, 0) is 28.6 Å². The number of ether oxygens (including phenoxy) is 3. The Morgan fingerprint density at radius 3 is 0.747 bits per heavy atom. The third kappa shape index (κ3) is 65.8. The molecule has 0 aliphatic rings. The summed E-state index contributed by atoms with van der Waals surface area (Å²) in [5.41, 5.74) is 0. The first-order chi connectivity index (χ1) is 39.0. The molecule has 1 atom stereocenters. The minimum Gasteiger partial charge on any atom is -0.462 e. The molecule has 1 unspecified atom stereocenters. The zero-order valence-corrected chi connectivity index (χ0v) is 52.9. The van der Waals surface area contributed by atoms with E-state index in [2.05, 4.69) is 81.5 Å². The zero-order chi connectivity index (χ0) is 57.1. The Kier molecular flexibility index (Phi) is 65.1. The van der Waals surface area contributed by atoms with Crippen molar-refractivity contribution < 1.29 is 28.6 Å². The van der Waals surface area contributed by atoms with Gasteiger partial charge in [0.05, 0.1) is 0 Å². The molecule has 460 valence electrons. The Bertz CT molecular complexity index is 1410. The molecule has 6 nitrogen and oxygen atoms in total. The van der Waals surface area contributed by atoms with Crippen molar-refractivity contribution in [1.29, 1.82) is 0 Å². The molecule has 0 rings (SSSR count). The van der Waals surface area contributed by atoms with Crippen LogP contribution in [0.25, 0.3) is 0 Å². The van der Waals surface area contributed by atoms with Gasteiger partial charge in [-0.05, 0) is 103 Å². The molecule has 0 heterocycles. The third-order valence-electron chi connectivity index (χ3n) is 15.5. The Balaban J connectivity index is 4.18. The molecule has 0 fully saturated rings. The zero-order valence-electron chi connectivity index (χ0n) is 52.9. The minimum atomic E-state index is -0.784. The number of hydrogen-bond acceptors (Lipinski definition) is 6. The van der Waals surface area contributed by atoms with Crippen LogP contribution >= 0.6 is 0 Å². The topological polar surface area (TPSA) is 78.9 Å². The molecule has 0 aliphatic carbocycles. The smallest absolute Gasteiger partial charge is 0.306 e. The van der Waals surface area contributed by atoms with Gasteiger partial charge in [-0.15, -0.1) is 0 Å². The van der Waals surface area contributed by atoms with E-state index >= 15 is 0 Å². The van der Waals surface area contributed by atoms with Crippen molar-refractivity contribution in [2.24, 2.45) is 0 Å². The maximum absolute atomic E-state index is 12.9. The number of unbranched alkanes of at least 4 members (excludes halogenated alkanes) is 43. The normalized spacial score (nSPS) is 12.4. The van der Waals surface area contributed by atoms with Gasteiger partial charge in [0.2, 0.25) is 0 Å². The number of carbonyl (C=O) groups is 3. The van der Waals surface area contributed by atoms with Crippen molar-refractivity contribution in [1.82, 2.24) is 0 Å². The highest BCUT2D eigenvalue weighted by atomic mass is 16.6. The highest BCUT2D eigenvalue weighted by Gasteiger charge is 2.19. The lowest BCUT2D eigenvalue weighted by Gasteiger charge is -2.18. The lowest BCUT2D eigenvalue weighted by Crippen LogP contribution is -2.30. The summed E-state index contributed by atoms with van der Waals surface area (Å²) in [5, 5.41) is 0. The largest absolute Gasteiger partial charge is 0.462 e. The fourth-order valence-electron chi connectivity index (χ4n) is 10.2. The summed E-state index contributed by atoms with van der Waals surface area (Å²) in [4.78, 5) is 38.3. The maximum atomic E-state index is 12.9. The predicted molar refractivity (Wildman–Crippen MR) is 344 cm³/mol. The van der Waals surface area contributed by atoms with Crippen LogP contribution < -0.4 is 0 Å². The van der Waals surface area contributed by atoms with Gasteiger partial charge in [-0.3, -0.25) is 14.4 Å². The summed E-state index contributed by atoms with van der Waals surface area (Å²) in [6.45, 7) is 6.62. The van der Waals surface area contributed by atoms with Gasteiger partial charge in [-0.2, -0.15) is 0 Å². The molecule has 0 spiro atoms. The van der Waals surface area contributed by atoms with E-state index in [0.29, 0.717) is 19.3 Å². The molecular formula is C73H132O6. The molecule has 0 N–H and O–H groups in total. The summed E-state index contributed by atoms with van der Waals surface area (Å²) in [7, 11) is 0. The van der Waals surface area contributed by atoms with Gasteiger partial charge in [0, 0.05) is 19.3 Å². The van der Waals surface area contributed by atoms with Crippen LogP contribution in [-0.4, -0.2) is 37.2 Å². The molecule has 0 bridgehead atoms. The van der Waals surface area contributed by atoms with Crippen molar-refractivity contribution in [3.8, 4) is 0 Å².